The SMILES string of the molecule is CCC1C(=O)NCCN1C(=O)c1ccc(OC(C)C)cc1. The molecule has 1 aromatic rings. The molecule has 2 rings (SSSR count). The summed E-state index contributed by atoms with van der Waals surface area (Å²) in [4.78, 5) is 26.0. The average Bonchev–Trinajstić information content (AvgIpc) is 2.46. The van der Waals surface area contributed by atoms with Crippen molar-refractivity contribution < 1.29 is 14.3 Å². The summed E-state index contributed by atoms with van der Waals surface area (Å²) in [7, 11) is 0. The quantitative estimate of drug-likeness (QED) is 0.920. The van der Waals surface area contributed by atoms with Gasteiger partial charge in [0.1, 0.15) is 11.8 Å². The van der Waals surface area contributed by atoms with Crippen LogP contribution in [0.4, 0.5) is 0 Å². The molecule has 1 saturated heterocycles. The van der Waals surface area contributed by atoms with Crippen LogP contribution in [0.2, 0.25) is 0 Å². The average molecular weight is 290 g/mol. The zero-order valence-corrected chi connectivity index (χ0v) is 12.8. The molecule has 1 heterocycles. The van der Waals surface area contributed by atoms with E-state index in [-0.39, 0.29) is 24.0 Å². The molecule has 114 valence electrons. The number of hydrogen-bond acceptors (Lipinski definition) is 3. The van der Waals surface area contributed by atoms with Crippen molar-refractivity contribution in [1.82, 2.24) is 10.2 Å². The topological polar surface area (TPSA) is 58.6 Å². The van der Waals surface area contributed by atoms with Crippen molar-refractivity contribution in [2.45, 2.75) is 39.3 Å². The summed E-state index contributed by atoms with van der Waals surface area (Å²) in [6.07, 6.45) is 0.716. The van der Waals surface area contributed by atoms with Gasteiger partial charge >= 0.3 is 0 Å². The van der Waals surface area contributed by atoms with Crippen LogP contribution in [0.5, 0.6) is 5.75 Å². The fourth-order valence-electron chi connectivity index (χ4n) is 2.48. The van der Waals surface area contributed by atoms with Gasteiger partial charge in [-0.3, -0.25) is 9.59 Å². The molecule has 1 aliphatic heterocycles. The van der Waals surface area contributed by atoms with Gasteiger partial charge < -0.3 is 15.0 Å². The highest BCUT2D eigenvalue weighted by molar-refractivity contribution is 5.98. The molecule has 0 spiro atoms. The Morgan fingerprint density at radius 2 is 2.05 bits per heavy atom. The second kappa shape index (κ2) is 6.61. The minimum Gasteiger partial charge on any atom is -0.491 e. The largest absolute Gasteiger partial charge is 0.491 e. The number of benzene rings is 1. The molecule has 0 aliphatic carbocycles. The molecular weight excluding hydrogens is 268 g/mol. The molecule has 5 heteroatoms. The number of carbonyl (C=O) groups excluding carboxylic acids is 2. The van der Waals surface area contributed by atoms with E-state index in [1.165, 1.54) is 0 Å². The van der Waals surface area contributed by atoms with Gasteiger partial charge in [-0.15, -0.1) is 0 Å². The number of nitrogens with zero attached hydrogens (tertiary/aromatic N) is 1. The number of hydrogen-bond donors (Lipinski definition) is 1. The van der Waals surface area contributed by atoms with Crippen molar-refractivity contribution in [3.63, 3.8) is 0 Å². The Morgan fingerprint density at radius 1 is 1.38 bits per heavy atom. The molecule has 0 radical (unpaired) electrons. The van der Waals surface area contributed by atoms with Crippen LogP contribution in [0.1, 0.15) is 37.6 Å². The van der Waals surface area contributed by atoms with Gasteiger partial charge in [-0.25, -0.2) is 0 Å². The van der Waals surface area contributed by atoms with Crippen LogP contribution >= 0.6 is 0 Å². The maximum atomic E-state index is 12.6. The summed E-state index contributed by atoms with van der Waals surface area (Å²) in [6, 6.07) is 6.70. The Bertz CT molecular complexity index is 511. The molecule has 0 bridgehead atoms. The smallest absolute Gasteiger partial charge is 0.254 e. The van der Waals surface area contributed by atoms with Crippen LogP contribution in [0.15, 0.2) is 24.3 Å². The van der Waals surface area contributed by atoms with E-state index in [2.05, 4.69) is 5.32 Å². The molecule has 5 nitrogen and oxygen atoms in total. The van der Waals surface area contributed by atoms with E-state index in [9.17, 15) is 9.59 Å². The molecule has 1 aliphatic rings. The third-order valence-electron chi connectivity index (χ3n) is 3.45. The lowest BCUT2D eigenvalue weighted by atomic mass is 10.1. The lowest BCUT2D eigenvalue weighted by Crippen LogP contribution is -2.56. The predicted octanol–water partition coefficient (Wildman–Crippen LogP) is 1.82. The summed E-state index contributed by atoms with van der Waals surface area (Å²) in [5, 5.41) is 2.80. The molecule has 1 atom stereocenters. The summed E-state index contributed by atoms with van der Waals surface area (Å²) < 4.78 is 5.56. The van der Waals surface area contributed by atoms with Crippen LogP contribution in [-0.2, 0) is 4.79 Å². The molecule has 0 aromatic heterocycles. The van der Waals surface area contributed by atoms with E-state index in [0.717, 1.165) is 5.75 Å². The first-order chi connectivity index (χ1) is 10.0. The maximum Gasteiger partial charge on any atom is 0.254 e. The minimum absolute atomic E-state index is 0.0724. The summed E-state index contributed by atoms with van der Waals surface area (Å²) in [5.41, 5.74) is 0.583. The first kappa shape index (κ1) is 15.4. The Hall–Kier alpha value is -2.04. The highest BCUT2D eigenvalue weighted by atomic mass is 16.5. The number of carbonyl (C=O) groups is 2. The number of piperazine rings is 1. The number of rotatable bonds is 4. The zero-order chi connectivity index (χ0) is 15.4. The third kappa shape index (κ3) is 3.54. The molecular formula is C16H22N2O3. The van der Waals surface area contributed by atoms with E-state index in [1.54, 1.807) is 29.2 Å². The Labute approximate surface area is 125 Å². The van der Waals surface area contributed by atoms with Crippen LogP contribution < -0.4 is 10.1 Å². The highest BCUT2D eigenvalue weighted by Gasteiger charge is 2.31. The Kier molecular flexibility index (Phi) is 4.83. The van der Waals surface area contributed by atoms with Gasteiger partial charge in [0.2, 0.25) is 5.91 Å². The zero-order valence-electron chi connectivity index (χ0n) is 12.8. The first-order valence-electron chi connectivity index (χ1n) is 7.38. The molecule has 1 fully saturated rings. The molecule has 1 unspecified atom stereocenters. The second-order valence-electron chi connectivity index (χ2n) is 5.40. The van der Waals surface area contributed by atoms with Crippen LogP contribution in [0.25, 0.3) is 0 Å². The van der Waals surface area contributed by atoms with E-state index < -0.39 is 0 Å². The van der Waals surface area contributed by atoms with E-state index >= 15 is 0 Å². The van der Waals surface area contributed by atoms with Crippen molar-refractivity contribution >= 4 is 11.8 Å². The van der Waals surface area contributed by atoms with Crippen LogP contribution in [0, 0.1) is 0 Å². The highest BCUT2D eigenvalue weighted by Crippen LogP contribution is 2.18. The number of nitrogens with one attached hydrogen (secondary N) is 1. The normalized spacial score (nSPS) is 18.6. The van der Waals surface area contributed by atoms with Crippen LogP contribution in [0.3, 0.4) is 0 Å². The number of ether oxygens (including phenoxy) is 1. The predicted molar refractivity (Wildman–Crippen MR) is 80.3 cm³/mol. The standard InChI is InChI=1S/C16H22N2O3/c1-4-14-15(19)17-9-10-18(14)16(20)12-5-7-13(8-6-12)21-11(2)3/h5-8,11,14H,4,9-10H2,1-3H3,(H,17,19). The number of amides is 2. The lowest BCUT2D eigenvalue weighted by molar-refractivity contribution is -0.127. The lowest BCUT2D eigenvalue weighted by Gasteiger charge is -2.34. The Balaban J connectivity index is 2.13. The molecule has 2 amide bonds. The monoisotopic (exact) mass is 290 g/mol. The van der Waals surface area contributed by atoms with E-state index in [0.29, 0.717) is 25.1 Å². The fraction of sp³-hybridized carbons (Fsp3) is 0.500. The molecule has 1 N–H and O–H groups in total. The van der Waals surface area contributed by atoms with Gasteiger partial charge in [-0.05, 0) is 44.5 Å². The second-order valence-corrected chi connectivity index (χ2v) is 5.40. The van der Waals surface area contributed by atoms with Gasteiger partial charge in [-0.1, -0.05) is 6.92 Å². The van der Waals surface area contributed by atoms with Gasteiger partial charge in [0.05, 0.1) is 6.10 Å². The first-order valence-corrected chi connectivity index (χ1v) is 7.38. The Morgan fingerprint density at radius 3 is 2.62 bits per heavy atom. The van der Waals surface area contributed by atoms with E-state index in [1.807, 2.05) is 20.8 Å². The van der Waals surface area contributed by atoms with Crippen molar-refractivity contribution in [2.24, 2.45) is 0 Å². The van der Waals surface area contributed by atoms with Gasteiger partial charge in [0.15, 0.2) is 0 Å². The van der Waals surface area contributed by atoms with Gasteiger partial charge in [0, 0.05) is 18.7 Å². The minimum atomic E-state index is -0.377. The molecule has 21 heavy (non-hydrogen) atoms. The van der Waals surface area contributed by atoms with Crippen molar-refractivity contribution in [3.05, 3.63) is 29.8 Å². The van der Waals surface area contributed by atoms with Crippen molar-refractivity contribution in [3.8, 4) is 5.75 Å². The summed E-state index contributed by atoms with van der Waals surface area (Å²) in [6.45, 7) is 6.88. The van der Waals surface area contributed by atoms with Gasteiger partial charge in [0.25, 0.3) is 5.91 Å². The third-order valence-corrected chi connectivity index (χ3v) is 3.45. The fourth-order valence-corrected chi connectivity index (χ4v) is 2.48. The molecule has 0 saturated carbocycles. The summed E-state index contributed by atoms with van der Waals surface area (Å²) >= 11 is 0. The summed E-state index contributed by atoms with van der Waals surface area (Å²) in [5.74, 6) is 0.564. The van der Waals surface area contributed by atoms with E-state index in [4.69, 9.17) is 4.74 Å². The van der Waals surface area contributed by atoms with Crippen molar-refractivity contribution in [2.75, 3.05) is 13.1 Å². The van der Waals surface area contributed by atoms with Gasteiger partial charge in [-0.2, -0.15) is 0 Å². The van der Waals surface area contributed by atoms with Crippen LogP contribution in [-0.4, -0.2) is 41.9 Å². The van der Waals surface area contributed by atoms with Crippen molar-refractivity contribution in [1.29, 1.82) is 0 Å². The molecule has 1 aromatic carbocycles. The maximum absolute atomic E-state index is 12.6.